The van der Waals surface area contributed by atoms with Crippen molar-refractivity contribution < 1.29 is 18.0 Å². The van der Waals surface area contributed by atoms with Crippen LogP contribution in [-0.4, -0.2) is 29.6 Å². The summed E-state index contributed by atoms with van der Waals surface area (Å²) in [6.07, 6.45) is -4.27. The molecule has 0 rings (SSSR count). The number of carbonyl (C=O) groups excluding carboxylic acids is 1. The smallest absolute Gasteiger partial charge is 0.330 e. The van der Waals surface area contributed by atoms with Crippen molar-refractivity contribution in [2.45, 2.75) is 46.3 Å². The minimum absolute atomic E-state index is 0.184. The normalized spacial score (nSPS) is 15.2. The highest BCUT2D eigenvalue weighted by molar-refractivity contribution is 5.85. The van der Waals surface area contributed by atoms with Crippen LogP contribution in [0.3, 0.4) is 0 Å². The SMILES string of the molecule is CCC(C)(C#N)C(=O)N(CC(F)(F)F)C(C)C. The maximum absolute atomic E-state index is 12.3. The van der Waals surface area contributed by atoms with Gasteiger partial charge in [-0.1, -0.05) is 6.92 Å². The number of carbonyl (C=O) groups is 1. The molecule has 17 heavy (non-hydrogen) atoms. The van der Waals surface area contributed by atoms with E-state index in [9.17, 15) is 18.0 Å². The van der Waals surface area contributed by atoms with E-state index in [1.54, 1.807) is 13.0 Å². The first-order valence-corrected chi connectivity index (χ1v) is 5.36. The van der Waals surface area contributed by atoms with Gasteiger partial charge in [-0.25, -0.2) is 0 Å². The molecule has 0 saturated heterocycles. The number of nitrogens with zero attached hydrogens (tertiary/aromatic N) is 2. The first kappa shape index (κ1) is 15.8. The second-order valence-electron chi connectivity index (χ2n) is 4.44. The second-order valence-corrected chi connectivity index (χ2v) is 4.44. The Hall–Kier alpha value is -1.25. The summed E-state index contributed by atoms with van der Waals surface area (Å²) in [4.78, 5) is 12.7. The van der Waals surface area contributed by atoms with Crippen LogP contribution in [0, 0.1) is 16.7 Å². The van der Waals surface area contributed by atoms with E-state index in [4.69, 9.17) is 5.26 Å². The molecular weight excluding hydrogens is 233 g/mol. The van der Waals surface area contributed by atoms with Crippen LogP contribution in [0.5, 0.6) is 0 Å². The lowest BCUT2D eigenvalue weighted by atomic mass is 9.87. The van der Waals surface area contributed by atoms with Crippen molar-refractivity contribution in [2.75, 3.05) is 6.54 Å². The van der Waals surface area contributed by atoms with Crippen LogP contribution in [0.1, 0.15) is 34.1 Å². The van der Waals surface area contributed by atoms with E-state index in [1.165, 1.54) is 20.8 Å². The van der Waals surface area contributed by atoms with Crippen LogP contribution in [0.2, 0.25) is 0 Å². The summed E-state index contributed by atoms with van der Waals surface area (Å²) in [6, 6.07) is 1.20. The Bertz CT molecular complexity index is 320. The van der Waals surface area contributed by atoms with Crippen molar-refractivity contribution in [2.24, 2.45) is 5.41 Å². The number of alkyl halides is 3. The Balaban J connectivity index is 5.11. The average molecular weight is 250 g/mol. The molecule has 0 spiro atoms. The molecule has 1 atom stereocenters. The van der Waals surface area contributed by atoms with Crippen molar-refractivity contribution in [1.82, 2.24) is 4.90 Å². The van der Waals surface area contributed by atoms with E-state index >= 15 is 0 Å². The van der Waals surface area contributed by atoms with Gasteiger partial charge < -0.3 is 4.90 Å². The van der Waals surface area contributed by atoms with Gasteiger partial charge in [-0.05, 0) is 27.2 Å². The van der Waals surface area contributed by atoms with Gasteiger partial charge in [0.15, 0.2) is 0 Å². The number of amides is 1. The zero-order chi connectivity index (χ0) is 13.9. The molecule has 1 amide bonds. The van der Waals surface area contributed by atoms with E-state index < -0.39 is 30.1 Å². The minimum atomic E-state index is -4.45. The van der Waals surface area contributed by atoms with E-state index in [1.807, 2.05) is 0 Å². The molecule has 0 saturated carbocycles. The molecular formula is C11H17F3N2O. The Morgan fingerprint density at radius 1 is 1.41 bits per heavy atom. The first-order valence-electron chi connectivity index (χ1n) is 5.36. The van der Waals surface area contributed by atoms with Gasteiger partial charge in [0.2, 0.25) is 5.91 Å². The fraction of sp³-hybridized carbons (Fsp3) is 0.818. The number of nitriles is 1. The maximum Gasteiger partial charge on any atom is 0.406 e. The quantitative estimate of drug-likeness (QED) is 0.770. The fourth-order valence-corrected chi connectivity index (χ4v) is 1.28. The van der Waals surface area contributed by atoms with Crippen LogP contribution in [0.4, 0.5) is 13.2 Å². The average Bonchev–Trinajstić information content (AvgIpc) is 2.22. The van der Waals surface area contributed by atoms with Crippen molar-refractivity contribution in [1.29, 1.82) is 5.26 Å². The molecule has 0 N–H and O–H groups in total. The van der Waals surface area contributed by atoms with Crippen LogP contribution in [0.15, 0.2) is 0 Å². The van der Waals surface area contributed by atoms with E-state index in [0.717, 1.165) is 0 Å². The van der Waals surface area contributed by atoms with E-state index in [2.05, 4.69) is 0 Å². The third-order valence-corrected chi connectivity index (χ3v) is 2.66. The van der Waals surface area contributed by atoms with Gasteiger partial charge in [-0.15, -0.1) is 0 Å². The predicted octanol–water partition coefficient (Wildman–Crippen LogP) is 2.73. The Morgan fingerprint density at radius 3 is 2.12 bits per heavy atom. The largest absolute Gasteiger partial charge is 0.406 e. The lowest BCUT2D eigenvalue weighted by molar-refractivity contribution is -0.169. The van der Waals surface area contributed by atoms with Gasteiger partial charge in [0.25, 0.3) is 0 Å². The predicted molar refractivity (Wildman–Crippen MR) is 56.9 cm³/mol. The summed E-state index contributed by atoms with van der Waals surface area (Å²) in [6.45, 7) is 4.64. The maximum atomic E-state index is 12.3. The van der Waals surface area contributed by atoms with Gasteiger partial charge in [-0.3, -0.25) is 4.79 Å². The highest BCUT2D eigenvalue weighted by Crippen LogP contribution is 2.27. The molecule has 0 radical (unpaired) electrons. The molecule has 0 bridgehead atoms. The molecule has 0 aromatic carbocycles. The minimum Gasteiger partial charge on any atom is -0.330 e. The van der Waals surface area contributed by atoms with Crippen molar-refractivity contribution in [3.8, 4) is 6.07 Å². The lowest BCUT2D eigenvalue weighted by Gasteiger charge is -2.33. The molecule has 98 valence electrons. The molecule has 0 aliphatic carbocycles. The van der Waals surface area contributed by atoms with Crippen LogP contribution < -0.4 is 0 Å². The molecule has 0 aromatic heterocycles. The molecule has 0 aromatic rings. The van der Waals surface area contributed by atoms with Crippen LogP contribution >= 0.6 is 0 Å². The number of rotatable bonds is 4. The zero-order valence-electron chi connectivity index (χ0n) is 10.4. The lowest BCUT2D eigenvalue weighted by Crippen LogP contribution is -2.49. The van der Waals surface area contributed by atoms with E-state index in [-0.39, 0.29) is 6.42 Å². The molecule has 0 fully saturated rings. The molecule has 0 aliphatic heterocycles. The molecule has 6 heteroatoms. The number of hydrogen-bond acceptors (Lipinski definition) is 2. The number of hydrogen-bond donors (Lipinski definition) is 0. The van der Waals surface area contributed by atoms with Gasteiger partial charge in [0.05, 0.1) is 6.07 Å². The van der Waals surface area contributed by atoms with E-state index in [0.29, 0.717) is 4.90 Å². The Labute approximate surface area is 99.2 Å². The summed E-state index contributed by atoms with van der Waals surface area (Å²) in [5, 5.41) is 8.91. The van der Waals surface area contributed by atoms with Gasteiger partial charge >= 0.3 is 6.18 Å². The van der Waals surface area contributed by atoms with Crippen molar-refractivity contribution >= 4 is 5.91 Å². The topological polar surface area (TPSA) is 44.1 Å². The Morgan fingerprint density at radius 2 is 1.88 bits per heavy atom. The summed E-state index contributed by atoms with van der Waals surface area (Å²) in [5.74, 6) is -0.769. The molecule has 1 unspecified atom stereocenters. The van der Waals surface area contributed by atoms with Gasteiger partial charge in [0.1, 0.15) is 12.0 Å². The van der Waals surface area contributed by atoms with Crippen LogP contribution in [0.25, 0.3) is 0 Å². The summed E-state index contributed by atoms with van der Waals surface area (Å²) in [7, 11) is 0. The first-order chi connectivity index (χ1) is 7.57. The van der Waals surface area contributed by atoms with Gasteiger partial charge in [0, 0.05) is 6.04 Å². The second kappa shape index (κ2) is 5.39. The molecule has 0 heterocycles. The van der Waals surface area contributed by atoms with Crippen molar-refractivity contribution in [3.05, 3.63) is 0 Å². The standard InChI is InChI=1S/C11H17F3N2O/c1-5-10(4,6-15)9(17)16(8(2)3)7-11(12,13)14/h8H,5,7H2,1-4H3. The highest BCUT2D eigenvalue weighted by Gasteiger charge is 2.41. The zero-order valence-corrected chi connectivity index (χ0v) is 10.4. The van der Waals surface area contributed by atoms with Crippen molar-refractivity contribution in [3.63, 3.8) is 0 Å². The molecule has 0 aliphatic rings. The molecule has 3 nitrogen and oxygen atoms in total. The monoisotopic (exact) mass is 250 g/mol. The summed E-state index contributed by atoms with van der Waals surface area (Å²) < 4.78 is 37.0. The van der Waals surface area contributed by atoms with Crippen LogP contribution in [-0.2, 0) is 4.79 Å². The third-order valence-electron chi connectivity index (χ3n) is 2.66. The third kappa shape index (κ3) is 4.25. The summed E-state index contributed by atoms with van der Waals surface area (Å²) in [5.41, 5.74) is -1.39. The summed E-state index contributed by atoms with van der Waals surface area (Å²) >= 11 is 0. The highest BCUT2D eigenvalue weighted by atomic mass is 19.4. The number of halogens is 3. The fourth-order valence-electron chi connectivity index (χ4n) is 1.28. The Kier molecular flexibility index (Phi) is 4.99. The van der Waals surface area contributed by atoms with Gasteiger partial charge in [-0.2, -0.15) is 18.4 Å².